The van der Waals surface area contributed by atoms with Crippen molar-refractivity contribution in [2.75, 3.05) is 56.6 Å². The van der Waals surface area contributed by atoms with Gasteiger partial charge in [-0.3, -0.25) is 9.88 Å². The van der Waals surface area contributed by atoms with E-state index in [-0.39, 0.29) is 0 Å². The minimum absolute atomic E-state index is 0.847. The molecule has 3 N–H and O–H groups in total. The van der Waals surface area contributed by atoms with Crippen LogP contribution in [0.2, 0.25) is 0 Å². The number of aromatic amines is 1. The molecule has 3 aliphatic rings. The van der Waals surface area contributed by atoms with Gasteiger partial charge in [0.25, 0.3) is 0 Å². The van der Waals surface area contributed by atoms with Crippen LogP contribution in [0, 0.1) is 6.92 Å². The van der Waals surface area contributed by atoms with Gasteiger partial charge in [-0.05, 0) is 74.8 Å². The van der Waals surface area contributed by atoms with Crippen LogP contribution in [0.5, 0.6) is 0 Å². The van der Waals surface area contributed by atoms with Gasteiger partial charge in [-0.1, -0.05) is 23.8 Å². The van der Waals surface area contributed by atoms with Crippen molar-refractivity contribution in [1.29, 1.82) is 0 Å². The SMILES string of the molecule is Cc1cc(CN2CCCC2)cc(-c2ccc3c(c2)C(c2nc4c(N5CCN(C)CC5)cncc4[nH]2)=CNN3)c1. The lowest BCUT2D eigenvalue weighted by atomic mass is 9.94. The van der Waals surface area contributed by atoms with E-state index in [9.17, 15) is 0 Å². The predicted molar refractivity (Wildman–Crippen MR) is 159 cm³/mol. The van der Waals surface area contributed by atoms with Crippen LogP contribution in [-0.2, 0) is 6.54 Å². The monoisotopic (exact) mass is 520 g/mol. The molecule has 8 nitrogen and oxygen atoms in total. The van der Waals surface area contributed by atoms with Crippen molar-refractivity contribution in [3.05, 3.63) is 77.5 Å². The molecule has 2 fully saturated rings. The van der Waals surface area contributed by atoms with Crippen molar-refractivity contribution in [2.24, 2.45) is 0 Å². The number of hydrazine groups is 1. The first-order valence-corrected chi connectivity index (χ1v) is 14.1. The first kappa shape index (κ1) is 24.2. The third-order valence-electron chi connectivity index (χ3n) is 8.28. The van der Waals surface area contributed by atoms with E-state index >= 15 is 0 Å². The summed E-state index contributed by atoms with van der Waals surface area (Å²) in [7, 11) is 2.18. The number of rotatable bonds is 5. The van der Waals surface area contributed by atoms with E-state index in [0.29, 0.717) is 0 Å². The normalized spacial score (nSPS) is 18.1. The number of hydrogen-bond acceptors (Lipinski definition) is 7. The number of pyridine rings is 1. The van der Waals surface area contributed by atoms with Gasteiger partial charge in [0.2, 0.25) is 0 Å². The lowest BCUT2D eigenvalue weighted by Crippen LogP contribution is -2.44. The highest BCUT2D eigenvalue weighted by Gasteiger charge is 2.22. The average Bonchev–Trinajstić information content (AvgIpc) is 3.62. The number of fused-ring (bicyclic) bond motifs is 2. The number of anilines is 2. The van der Waals surface area contributed by atoms with E-state index in [1.54, 1.807) is 0 Å². The van der Waals surface area contributed by atoms with Gasteiger partial charge in [0.05, 0.1) is 29.3 Å². The Morgan fingerprint density at radius 2 is 1.74 bits per heavy atom. The van der Waals surface area contributed by atoms with E-state index in [0.717, 1.165) is 72.1 Å². The number of nitrogens with one attached hydrogen (secondary N) is 3. The summed E-state index contributed by atoms with van der Waals surface area (Å²) in [6, 6.07) is 13.6. The highest BCUT2D eigenvalue weighted by molar-refractivity contribution is 5.94. The van der Waals surface area contributed by atoms with E-state index in [1.165, 1.54) is 48.2 Å². The standard InChI is InChI=1S/C31H36N8/c1-21-13-22(20-38-7-3-4-8-38)15-24(14-21)23-5-6-27-25(16-23)26(17-33-36-27)31-34-28-18-32-19-29(30(28)35-31)39-11-9-37(2)10-12-39/h5-6,13-19,33,36H,3-4,7-12,20H2,1-2H3,(H,34,35). The van der Waals surface area contributed by atoms with Gasteiger partial charge in [0, 0.05) is 50.1 Å². The number of aromatic nitrogens is 3. The molecular weight excluding hydrogens is 484 g/mol. The van der Waals surface area contributed by atoms with E-state index < -0.39 is 0 Å². The van der Waals surface area contributed by atoms with Crippen LogP contribution in [0.25, 0.3) is 27.7 Å². The second kappa shape index (κ2) is 10.0. The summed E-state index contributed by atoms with van der Waals surface area (Å²) in [6.45, 7) is 9.70. The first-order valence-electron chi connectivity index (χ1n) is 14.1. The van der Waals surface area contributed by atoms with Gasteiger partial charge < -0.3 is 25.6 Å². The summed E-state index contributed by atoms with van der Waals surface area (Å²) < 4.78 is 0. The van der Waals surface area contributed by atoms with E-state index in [2.05, 4.69) is 85.9 Å². The van der Waals surface area contributed by atoms with Gasteiger partial charge in [0.15, 0.2) is 0 Å². The molecular formula is C31H36N8. The molecule has 4 aromatic rings. The number of likely N-dealkylation sites (N-methyl/N-ethyl adjacent to an activating group) is 1. The fourth-order valence-electron chi connectivity index (χ4n) is 6.16. The van der Waals surface area contributed by atoms with Crippen LogP contribution < -0.4 is 15.8 Å². The molecule has 2 saturated heterocycles. The number of piperazine rings is 1. The summed E-state index contributed by atoms with van der Waals surface area (Å²) in [4.78, 5) is 20.6. The highest BCUT2D eigenvalue weighted by atomic mass is 15.4. The van der Waals surface area contributed by atoms with Crippen molar-refractivity contribution in [3.8, 4) is 11.1 Å². The van der Waals surface area contributed by atoms with Crippen molar-refractivity contribution in [2.45, 2.75) is 26.3 Å². The van der Waals surface area contributed by atoms with Crippen LogP contribution in [0.3, 0.4) is 0 Å². The number of likely N-dealkylation sites (tertiary alicyclic amines) is 1. The van der Waals surface area contributed by atoms with Crippen LogP contribution >= 0.6 is 0 Å². The zero-order valence-electron chi connectivity index (χ0n) is 22.8. The highest BCUT2D eigenvalue weighted by Crippen LogP contribution is 2.36. The molecule has 0 unspecified atom stereocenters. The van der Waals surface area contributed by atoms with Crippen LogP contribution in [0.4, 0.5) is 11.4 Å². The van der Waals surface area contributed by atoms with E-state index in [4.69, 9.17) is 4.98 Å². The maximum atomic E-state index is 5.13. The summed E-state index contributed by atoms with van der Waals surface area (Å²) in [5.41, 5.74) is 18.0. The minimum Gasteiger partial charge on any atom is -0.366 e. The zero-order chi connectivity index (χ0) is 26.3. The number of benzene rings is 2. The number of imidazole rings is 1. The largest absolute Gasteiger partial charge is 0.366 e. The van der Waals surface area contributed by atoms with Crippen LogP contribution in [-0.4, -0.2) is 71.1 Å². The molecule has 0 amide bonds. The minimum atomic E-state index is 0.847. The summed E-state index contributed by atoms with van der Waals surface area (Å²) in [5.74, 6) is 0.847. The van der Waals surface area contributed by atoms with Gasteiger partial charge in [-0.2, -0.15) is 0 Å². The molecule has 0 saturated carbocycles. The number of nitrogens with zero attached hydrogens (tertiary/aromatic N) is 5. The smallest absolute Gasteiger partial charge is 0.140 e. The molecule has 200 valence electrons. The molecule has 8 heteroatoms. The molecule has 2 aromatic heterocycles. The van der Waals surface area contributed by atoms with Gasteiger partial charge >= 0.3 is 0 Å². The topological polar surface area (TPSA) is 75.4 Å². The predicted octanol–water partition coefficient (Wildman–Crippen LogP) is 4.60. The molecule has 0 spiro atoms. The quantitative estimate of drug-likeness (QED) is 0.355. The Morgan fingerprint density at radius 1 is 0.897 bits per heavy atom. The maximum absolute atomic E-state index is 5.13. The second-order valence-corrected chi connectivity index (χ2v) is 11.2. The summed E-state index contributed by atoms with van der Waals surface area (Å²) in [6.07, 6.45) is 8.47. The third kappa shape index (κ3) is 4.75. The van der Waals surface area contributed by atoms with Gasteiger partial charge in [-0.25, -0.2) is 4.98 Å². The van der Waals surface area contributed by atoms with Crippen molar-refractivity contribution < 1.29 is 0 Å². The van der Waals surface area contributed by atoms with Crippen LogP contribution in [0.15, 0.2) is 55.0 Å². The Balaban J connectivity index is 1.23. The molecule has 0 atom stereocenters. The fraction of sp³-hybridized carbons (Fsp3) is 0.355. The maximum Gasteiger partial charge on any atom is 0.140 e. The Hall–Kier alpha value is -3.88. The molecule has 5 heterocycles. The zero-order valence-corrected chi connectivity index (χ0v) is 22.8. The number of hydrogen-bond donors (Lipinski definition) is 3. The first-order chi connectivity index (χ1) is 19.1. The van der Waals surface area contributed by atoms with Crippen molar-refractivity contribution in [1.82, 2.24) is 30.2 Å². The Bertz CT molecular complexity index is 1540. The third-order valence-corrected chi connectivity index (χ3v) is 8.28. The van der Waals surface area contributed by atoms with Gasteiger partial charge in [0.1, 0.15) is 11.3 Å². The van der Waals surface area contributed by atoms with Gasteiger partial charge in [-0.15, -0.1) is 0 Å². The molecule has 0 aliphatic carbocycles. The van der Waals surface area contributed by atoms with Crippen molar-refractivity contribution >= 4 is 28.0 Å². The number of aryl methyl sites for hydroxylation is 1. The lowest BCUT2D eigenvalue weighted by molar-refractivity contribution is 0.313. The van der Waals surface area contributed by atoms with Crippen LogP contribution in [0.1, 0.15) is 35.4 Å². The average molecular weight is 521 g/mol. The second-order valence-electron chi connectivity index (χ2n) is 11.2. The molecule has 0 radical (unpaired) electrons. The summed E-state index contributed by atoms with van der Waals surface area (Å²) in [5, 5.41) is 0. The molecule has 2 aromatic carbocycles. The number of H-pyrrole nitrogens is 1. The van der Waals surface area contributed by atoms with Crippen molar-refractivity contribution in [3.63, 3.8) is 0 Å². The fourth-order valence-corrected chi connectivity index (χ4v) is 6.16. The molecule has 0 bridgehead atoms. The molecule has 3 aliphatic heterocycles. The molecule has 7 rings (SSSR count). The molecule has 39 heavy (non-hydrogen) atoms. The Kier molecular flexibility index (Phi) is 6.21. The Morgan fingerprint density at radius 3 is 2.59 bits per heavy atom. The van der Waals surface area contributed by atoms with E-state index in [1.807, 2.05) is 18.6 Å². The lowest BCUT2D eigenvalue weighted by Gasteiger charge is -2.33. The summed E-state index contributed by atoms with van der Waals surface area (Å²) >= 11 is 0. The Labute approximate surface area is 229 Å².